The number of aromatic nitrogens is 1. The zero-order valence-electron chi connectivity index (χ0n) is 12.0. The van der Waals surface area contributed by atoms with Crippen LogP contribution in [0.4, 0.5) is 0 Å². The summed E-state index contributed by atoms with van der Waals surface area (Å²) >= 11 is 0. The van der Waals surface area contributed by atoms with E-state index in [2.05, 4.69) is 25.3 Å². The molecule has 0 spiro atoms. The van der Waals surface area contributed by atoms with Crippen molar-refractivity contribution in [1.29, 1.82) is 0 Å². The van der Waals surface area contributed by atoms with Gasteiger partial charge in [-0.25, -0.2) is 4.98 Å². The molecule has 2 heterocycles. The highest BCUT2D eigenvalue weighted by molar-refractivity contribution is 5.80. The Bertz CT molecular complexity index is 554. The zero-order valence-corrected chi connectivity index (χ0v) is 13.5. The van der Waals surface area contributed by atoms with E-state index in [0.717, 1.165) is 17.9 Å². The molecule has 3 rings (SSSR count). The van der Waals surface area contributed by atoms with Crippen LogP contribution in [0.15, 0.2) is 22.9 Å². The molecule has 3 nitrogen and oxygen atoms in total. The van der Waals surface area contributed by atoms with E-state index in [1.165, 1.54) is 42.5 Å². The molecule has 1 aliphatic rings. The molecular formula is C15H22Cl2N2O. The molecule has 2 aromatic rings. The predicted molar refractivity (Wildman–Crippen MR) is 70.6 cm³/mol. The van der Waals surface area contributed by atoms with Gasteiger partial charge in [0.2, 0.25) is 0 Å². The van der Waals surface area contributed by atoms with Gasteiger partial charge in [-0.3, -0.25) is 0 Å². The summed E-state index contributed by atoms with van der Waals surface area (Å²) < 4.78 is 5.94. The number of quaternary nitrogens is 1. The summed E-state index contributed by atoms with van der Waals surface area (Å²) in [6.07, 6.45) is 8.92. The van der Waals surface area contributed by atoms with Crippen molar-refractivity contribution in [3.63, 3.8) is 0 Å². The van der Waals surface area contributed by atoms with Gasteiger partial charge in [-0.05, 0) is 25.2 Å². The molecule has 0 radical (unpaired) electrons. The van der Waals surface area contributed by atoms with Crippen molar-refractivity contribution in [3.8, 4) is 0 Å². The molecule has 5 heteroatoms. The van der Waals surface area contributed by atoms with Gasteiger partial charge in [0.25, 0.3) is 0 Å². The van der Waals surface area contributed by atoms with E-state index in [0.29, 0.717) is 0 Å². The van der Waals surface area contributed by atoms with Gasteiger partial charge in [-0.1, -0.05) is 0 Å². The molecule has 1 unspecified atom stereocenters. The Balaban J connectivity index is 0.000001000. The SMILES string of the molecule is C[NH+](C)CCC1CCc2oc3cc[nH+]cc3c2C1.[Cl-].[Cl-]. The topological polar surface area (TPSA) is 31.7 Å². The van der Waals surface area contributed by atoms with E-state index >= 15 is 0 Å². The fourth-order valence-corrected chi connectivity index (χ4v) is 2.98. The molecule has 0 fully saturated rings. The average molecular weight is 317 g/mol. The monoisotopic (exact) mass is 316 g/mol. The fourth-order valence-electron chi connectivity index (χ4n) is 2.98. The van der Waals surface area contributed by atoms with E-state index < -0.39 is 0 Å². The lowest BCUT2D eigenvalue weighted by molar-refractivity contribution is -0.858. The molecule has 20 heavy (non-hydrogen) atoms. The van der Waals surface area contributed by atoms with Crippen molar-refractivity contribution in [2.75, 3.05) is 20.6 Å². The van der Waals surface area contributed by atoms with Crippen LogP contribution < -0.4 is 34.7 Å². The maximum absolute atomic E-state index is 5.94. The van der Waals surface area contributed by atoms with Crippen LogP contribution in [0, 0.1) is 5.92 Å². The number of nitrogens with one attached hydrogen (secondary N) is 2. The highest BCUT2D eigenvalue weighted by Gasteiger charge is 2.25. The maximum Gasteiger partial charge on any atom is 0.178 e. The van der Waals surface area contributed by atoms with Crippen LogP contribution in [-0.4, -0.2) is 20.6 Å². The van der Waals surface area contributed by atoms with Gasteiger partial charge in [-0.2, -0.15) is 0 Å². The summed E-state index contributed by atoms with van der Waals surface area (Å²) in [5, 5.41) is 1.29. The number of halogens is 2. The largest absolute Gasteiger partial charge is 1.00 e. The summed E-state index contributed by atoms with van der Waals surface area (Å²) in [6.45, 7) is 1.27. The second-order valence-electron chi connectivity index (χ2n) is 5.78. The van der Waals surface area contributed by atoms with Gasteiger partial charge in [0.05, 0.1) is 26.0 Å². The highest BCUT2D eigenvalue weighted by Crippen LogP contribution is 2.34. The molecule has 0 saturated heterocycles. The minimum atomic E-state index is 0. The van der Waals surface area contributed by atoms with Crippen molar-refractivity contribution in [1.82, 2.24) is 0 Å². The van der Waals surface area contributed by atoms with Crippen LogP contribution in [0.5, 0.6) is 0 Å². The van der Waals surface area contributed by atoms with Crippen LogP contribution in [0.3, 0.4) is 0 Å². The highest BCUT2D eigenvalue weighted by atomic mass is 35.5. The first-order valence-electron chi connectivity index (χ1n) is 6.93. The molecule has 2 N–H and O–H groups in total. The Kier molecular flexibility index (Phi) is 6.31. The number of rotatable bonds is 3. The van der Waals surface area contributed by atoms with Crippen LogP contribution in [0.25, 0.3) is 11.0 Å². The van der Waals surface area contributed by atoms with Gasteiger partial charge in [0.15, 0.2) is 12.4 Å². The van der Waals surface area contributed by atoms with Gasteiger partial charge in [-0.15, -0.1) is 0 Å². The first-order valence-corrected chi connectivity index (χ1v) is 6.93. The van der Waals surface area contributed by atoms with E-state index in [9.17, 15) is 0 Å². The summed E-state index contributed by atoms with van der Waals surface area (Å²) in [5.74, 6) is 2.05. The third-order valence-electron chi connectivity index (χ3n) is 4.04. The summed E-state index contributed by atoms with van der Waals surface area (Å²) in [4.78, 5) is 4.72. The number of H-pyrrole nitrogens is 1. The first-order chi connectivity index (χ1) is 8.74. The number of hydrogen-bond acceptors (Lipinski definition) is 1. The third kappa shape index (κ3) is 3.46. The number of pyridine rings is 1. The number of aryl methyl sites for hydroxylation is 1. The van der Waals surface area contributed by atoms with Gasteiger partial charge in [0, 0.05) is 18.1 Å². The predicted octanol–water partition coefficient (Wildman–Crippen LogP) is -5.11. The molecule has 112 valence electrons. The van der Waals surface area contributed by atoms with Crippen LogP contribution in [0.1, 0.15) is 24.2 Å². The maximum atomic E-state index is 5.94. The fraction of sp³-hybridized carbons (Fsp3) is 0.533. The second kappa shape index (κ2) is 7.30. The summed E-state index contributed by atoms with van der Waals surface area (Å²) in [5.41, 5.74) is 2.49. The minimum Gasteiger partial charge on any atom is -1.00 e. The van der Waals surface area contributed by atoms with E-state index in [-0.39, 0.29) is 24.8 Å². The average Bonchev–Trinajstić information content (AvgIpc) is 2.74. The molecule has 0 amide bonds. The summed E-state index contributed by atoms with van der Waals surface area (Å²) in [7, 11) is 4.47. The first kappa shape index (κ1) is 17.3. The van der Waals surface area contributed by atoms with Crippen molar-refractivity contribution in [2.45, 2.75) is 25.7 Å². The van der Waals surface area contributed by atoms with Crippen molar-refractivity contribution in [3.05, 3.63) is 29.8 Å². The van der Waals surface area contributed by atoms with Gasteiger partial charge < -0.3 is 34.1 Å². The molecule has 0 aromatic carbocycles. The van der Waals surface area contributed by atoms with Crippen LogP contribution in [-0.2, 0) is 12.8 Å². The zero-order chi connectivity index (χ0) is 12.5. The van der Waals surface area contributed by atoms with Crippen molar-refractivity contribution < 1.29 is 39.1 Å². The molecule has 2 aromatic heterocycles. The quantitative estimate of drug-likeness (QED) is 0.604. The smallest absolute Gasteiger partial charge is 0.178 e. The Hall–Kier alpha value is -0.770. The van der Waals surface area contributed by atoms with Crippen LogP contribution >= 0.6 is 0 Å². The molecular weight excluding hydrogens is 295 g/mol. The van der Waals surface area contributed by atoms with E-state index in [4.69, 9.17) is 4.42 Å². The molecule has 0 saturated carbocycles. The third-order valence-corrected chi connectivity index (χ3v) is 4.04. The van der Waals surface area contributed by atoms with Gasteiger partial charge >= 0.3 is 0 Å². The Labute approximate surface area is 132 Å². The molecule has 1 aliphatic carbocycles. The second-order valence-corrected chi connectivity index (χ2v) is 5.78. The molecule has 0 aliphatic heterocycles. The van der Waals surface area contributed by atoms with E-state index in [1.54, 1.807) is 4.90 Å². The van der Waals surface area contributed by atoms with Crippen LogP contribution in [0.2, 0.25) is 0 Å². The Morgan fingerprint density at radius 3 is 2.90 bits per heavy atom. The summed E-state index contributed by atoms with van der Waals surface area (Å²) in [6, 6.07) is 2.03. The lowest BCUT2D eigenvalue weighted by atomic mass is 9.85. The minimum absolute atomic E-state index is 0. The van der Waals surface area contributed by atoms with Crippen molar-refractivity contribution >= 4 is 11.0 Å². The number of furan rings is 1. The van der Waals surface area contributed by atoms with Gasteiger partial charge in [0.1, 0.15) is 11.3 Å². The Morgan fingerprint density at radius 2 is 2.15 bits per heavy atom. The number of aromatic amines is 1. The van der Waals surface area contributed by atoms with Crippen molar-refractivity contribution in [2.24, 2.45) is 5.92 Å². The standard InChI is InChI=1S/C15H20N2O.2ClH/c1-17(2)8-6-11-3-4-14-12(9-11)13-10-16-7-5-15(13)18-14;;/h5,7,10-11H,3-4,6,8-9H2,1-2H3;2*1H. The lowest BCUT2D eigenvalue weighted by Crippen LogP contribution is -3.05. The Morgan fingerprint density at radius 1 is 1.35 bits per heavy atom. The molecule has 0 bridgehead atoms. The molecule has 1 atom stereocenters. The normalized spacial score (nSPS) is 17.4. The van der Waals surface area contributed by atoms with E-state index in [1.807, 2.05) is 12.3 Å². The lowest BCUT2D eigenvalue weighted by Gasteiger charge is -2.21. The number of fused-ring (bicyclic) bond motifs is 3. The number of hydrogen-bond donors (Lipinski definition) is 1.